The van der Waals surface area contributed by atoms with Crippen molar-refractivity contribution in [3.05, 3.63) is 33.9 Å². The Balaban J connectivity index is 4.13. The lowest BCUT2D eigenvalue weighted by molar-refractivity contribution is -0.259. The number of Topliss-reactive ketones (excluding diaryl/α,β-unsaturated/α-hetero) is 3. The molecule has 0 N–H and O–H groups in total. The zero-order valence-electron chi connectivity index (χ0n) is 11.4. The number of carbonyl (C=O) groups excluding carboxylic acids is 5. The molecule has 0 aliphatic rings. The Bertz CT molecular complexity index is 648. The highest BCUT2D eigenvalue weighted by Gasteiger charge is 2.26. The maximum atomic E-state index is 11.7. The van der Waals surface area contributed by atoms with Gasteiger partial charge in [0, 0.05) is 27.8 Å². The summed E-state index contributed by atoms with van der Waals surface area (Å²) in [5.41, 5.74) is -3.28. The summed E-state index contributed by atoms with van der Waals surface area (Å²) in [4.78, 5) is 57.1. The Kier molecular flexibility index (Phi) is 4.37. The first-order valence-electron chi connectivity index (χ1n) is 5.76. The number of carboxylic acids is 2. The Morgan fingerprint density at radius 3 is 1.43 bits per heavy atom. The number of carbonyl (C=O) groups is 5. The summed E-state index contributed by atoms with van der Waals surface area (Å²) >= 11 is 0. The molecule has 0 saturated carbocycles. The van der Waals surface area contributed by atoms with E-state index in [-0.39, 0.29) is 5.56 Å². The lowest BCUT2D eigenvalue weighted by Gasteiger charge is -2.20. The molecule has 0 fully saturated rings. The van der Waals surface area contributed by atoms with Crippen molar-refractivity contribution in [2.75, 3.05) is 0 Å². The van der Waals surface area contributed by atoms with Crippen LogP contribution in [0.2, 0.25) is 0 Å². The minimum absolute atomic E-state index is 0.350. The predicted octanol–water partition coefficient (Wildman–Crippen LogP) is -0.979. The van der Waals surface area contributed by atoms with Crippen LogP contribution >= 0.6 is 0 Å². The molecule has 110 valence electrons. The van der Waals surface area contributed by atoms with Crippen molar-refractivity contribution in [1.82, 2.24) is 0 Å². The molecular formula is C14H10O7-2. The van der Waals surface area contributed by atoms with E-state index in [1.54, 1.807) is 0 Å². The van der Waals surface area contributed by atoms with Gasteiger partial charge in [0.25, 0.3) is 0 Å². The molecule has 0 aromatic heterocycles. The Morgan fingerprint density at radius 1 is 0.667 bits per heavy atom. The fourth-order valence-electron chi connectivity index (χ4n) is 2.05. The van der Waals surface area contributed by atoms with E-state index < -0.39 is 51.5 Å². The number of hydrogen-bond acceptors (Lipinski definition) is 7. The highest BCUT2D eigenvalue weighted by molar-refractivity contribution is 6.20. The summed E-state index contributed by atoms with van der Waals surface area (Å²) in [6.45, 7) is 3.05. The first-order chi connectivity index (χ1) is 9.59. The van der Waals surface area contributed by atoms with Gasteiger partial charge in [-0.1, -0.05) is 0 Å². The summed E-state index contributed by atoms with van der Waals surface area (Å²) < 4.78 is 0. The van der Waals surface area contributed by atoms with Crippen LogP contribution < -0.4 is 10.2 Å². The van der Waals surface area contributed by atoms with Crippen molar-refractivity contribution in [3.63, 3.8) is 0 Å². The Labute approximate surface area is 119 Å². The molecule has 0 heterocycles. The van der Waals surface area contributed by atoms with E-state index in [0.29, 0.717) is 6.07 Å². The maximum Gasteiger partial charge on any atom is 0.161 e. The van der Waals surface area contributed by atoms with Crippen molar-refractivity contribution in [1.29, 1.82) is 0 Å². The SMILES string of the molecule is CC(=O)c1cc(C(=O)[O-])c(C(=O)[O-])c(C(C)=O)c1C(C)=O. The van der Waals surface area contributed by atoms with Gasteiger partial charge in [0.1, 0.15) is 0 Å². The normalized spacial score (nSPS) is 10.0. The van der Waals surface area contributed by atoms with Gasteiger partial charge in [0.05, 0.1) is 11.9 Å². The standard InChI is InChI=1S/C14H12O7/c1-5(15)8-4-9(13(18)19)12(14(20)21)11(7(3)17)10(8)6(2)16/h4H,1-3H3,(H,18,19)(H,20,21)/p-2. The van der Waals surface area contributed by atoms with Crippen LogP contribution in [-0.2, 0) is 0 Å². The fraction of sp³-hybridized carbons (Fsp3) is 0.214. The highest BCUT2D eigenvalue weighted by Crippen LogP contribution is 2.25. The average Bonchev–Trinajstić information content (AvgIpc) is 2.34. The molecule has 0 atom stereocenters. The van der Waals surface area contributed by atoms with Gasteiger partial charge in [0.2, 0.25) is 0 Å². The zero-order valence-corrected chi connectivity index (χ0v) is 11.4. The zero-order chi connectivity index (χ0) is 16.5. The van der Waals surface area contributed by atoms with Gasteiger partial charge in [-0.2, -0.15) is 0 Å². The minimum Gasteiger partial charge on any atom is -0.545 e. The fourth-order valence-corrected chi connectivity index (χ4v) is 2.05. The van der Waals surface area contributed by atoms with Crippen molar-refractivity contribution in [2.24, 2.45) is 0 Å². The first-order valence-corrected chi connectivity index (χ1v) is 5.76. The second-order valence-corrected chi connectivity index (χ2v) is 4.34. The molecule has 0 saturated heterocycles. The van der Waals surface area contributed by atoms with E-state index in [9.17, 15) is 34.2 Å². The van der Waals surface area contributed by atoms with Gasteiger partial charge in [-0.3, -0.25) is 14.4 Å². The van der Waals surface area contributed by atoms with E-state index in [1.807, 2.05) is 0 Å². The third kappa shape index (κ3) is 2.86. The molecule has 1 aromatic rings. The third-order valence-corrected chi connectivity index (χ3v) is 2.83. The summed E-state index contributed by atoms with van der Waals surface area (Å²) in [6, 6.07) is 0.714. The summed E-state index contributed by atoms with van der Waals surface area (Å²) in [5.74, 6) is -6.13. The molecule has 0 radical (unpaired) electrons. The number of carboxylic acid groups (broad SMARTS) is 2. The molecule has 0 aliphatic heterocycles. The van der Waals surface area contributed by atoms with Crippen LogP contribution in [0.4, 0.5) is 0 Å². The number of rotatable bonds is 5. The van der Waals surface area contributed by atoms with Gasteiger partial charge in [-0.15, -0.1) is 0 Å². The smallest absolute Gasteiger partial charge is 0.161 e. The molecule has 1 rings (SSSR count). The third-order valence-electron chi connectivity index (χ3n) is 2.83. The molecule has 0 bridgehead atoms. The van der Waals surface area contributed by atoms with Crippen molar-refractivity contribution < 1.29 is 34.2 Å². The van der Waals surface area contributed by atoms with Crippen LogP contribution in [0, 0.1) is 0 Å². The number of aromatic carboxylic acids is 2. The topological polar surface area (TPSA) is 131 Å². The second-order valence-electron chi connectivity index (χ2n) is 4.34. The number of ketones is 3. The molecule has 0 spiro atoms. The summed E-state index contributed by atoms with van der Waals surface area (Å²) in [7, 11) is 0. The predicted molar refractivity (Wildman–Crippen MR) is 65.1 cm³/mol. The minimum atomic E-state index is -1.95. The number of benzene rings is 1. The summed E-state index contributed by atoms with van der Waals surface area (Å²) in [5, 5.41) is 22.2. The molecule has 21 heavy (non-hydrogen) atoms. The van der Waals surface area contributed by atoms with E-state index in [0.717, 1.165) is 20.8 Å². The van der Waals surface area contributed by atoms with Crippen molar-refractivity contribution >= 4 is 29.3 Å². The van der Waals surface area contributed by atoms with E-state index in [4.69, 9.17) is 0 Å². The molecule has 7 nitrogen and oxygen atoms in total. The van der Waals surface area contributed by atoms with Gasteiger partial charge < -0.3 is 19.8 Å². The molecule has 0 aliphatic carbocycles. The van der Waals surface area contributed by atoms with E-state index >= 15 is 0 Å². The van der Waals surface area contributed by atoms with Crippen LogP contribution in [-0.4, -0.2) is 29.3 Å². The average molecular weight is 290 g/mol. The van der Waals surface area contributed by atoms with Crippen LogP contribution in [0.1, 0.15) is 72.6 Å². The summed E-state index contributed by atoms with van der Waals surface area (Å²) in [6.07, 6.45) is 0. The van der Waals surface area contributed by atoms with Gasteiger partial charge >= 0.3 is 0 Å². The molecule has 1 aromatic carbocycles. The molecule has 0 amide bonds. The number of hydrogen-bond donors (Lipinski definition) is 0. The van der Waals surface area contributed by atoms with Crippen LogP contribution in [0.5, 0.6) is 0 Å². The van der Waals surface area contributed by atoms with Crippen LogP contribution in [0.15, 0.2) is 6.07 Å². The monoisotopic (exact) mass is 290 g/mol. The van der Waals surface area contributed by atoms with Crippen molar-refractivity contribution in [2.45, 2.75) is 20.8 Å². The van der Waals surface area contributed by atoms with Gasteiger partial charge in [-0.05, 0) is 26.8 Å². The molecule has 0 unspecified atom stereocenters. The lowest BCUT2D eigenvalue weighted by Crippen LogP contribution is -2.33. The van der Waals surface area contributed by atoms with E-state index in [1.165, 1.54) is 0 Å². The van der Waals surface area contributed by atoms with Crippen LogP contribution in [0.3, 0.4) is 0 Å². The van der Waals surface area contributed by atoms with Gasteiger partial charge in [0.15, 0.2) is 17.3 Å². The lowest BCUT2D eigenvalue weighted by atomic mass is 9.86. The molecular weight excluding hydrogens is 280 g/mol. The van der Waals surface area contributed by atoms with Crippen LogP contribution in [0.25, 0.3) is 0 Å². The Hall–Kier alpha value is -2.83. The molecule has 7 heteroatoms. The van der Waals surface area contributed by atoms with Crippen molar-refractivity contribution in [3.8, 4) is 0 Å². The first kappa shape index (κ1) is 16.2. The second kappa shape index (κ2) is 5.66. The van der Waals surface area contributed by atoms with E-state index in [2.05, 4.69) is 0 Å². The quantitative estimate of drug-likeness (QED) is 0.636. The highest BCUT2D eigenvalue weighted by atomic mass is 16.4. The maximum absolute atomic E-state index is 11.7. The Morgan fingerprint density at radius 2 is 1.14 bits per heavy atom. The largest absolute Gasteiger partial charge is 0.545 e. The van der Waals surface area contributed by atoms with Gasteiger partial charge in [-0.25, -0.2) is 0 Å².